The Hall–Kier alpha value is -1.35. The average molecular weight is 463 g/mol. The molecule has 24 heavy (non-hydrogen) atoms. The minimum Gasteiger partial charge on any atom is -0.505 e. The van der Waals surface area contributed by atoms with Gasteiger partial charge < -0.3 is 15.7 Å². The maximum absolute atomic E-state index is 13.3. The average Bonchev–Trinajstić information content (AvgIpc) is 3.01. The zero-order chi connectivity index (χ0) is 16.7. The number of nitrogens with zero attached hydrogens (tertiary/aromatic N) is 1. The third-order valence-electron chi connectivity index (χ3n) is 3.27. The molecule has 0 saturated carbocycles. The smallest absolute Gasteiger partial charge is 0.191 e. The summed E-state index contributed by atoms with van der Waals surface area (Å²) in [5, 5.41) is 15.7. The van der Waals surface area contributed by atoms with Gasteiger partial charge in [-0.05, 0) is 43.2 Å². The zero-order valence-corrected chi connectivity index (χ0v) is 17.0. The van der Waals surface area contributed by atoms with Crippen LogP contribution in [0.1, 0.15) is 29.2 Å². The normalized spacial score (nSPS) is 11.0. The van der Waals surface area contributed by atoms with Crippen molar-refractivity contribution < 1.29 is 9.50 Å². The van der Waals surface area contributed by atoms with E-state index in [1.807, 2.05) is 6.92 Å². The number of benzene rings is 1. The Labute approximate surface area is 163 Å². The maximum atomic E-state index is 13.3. The molecule has 3 N–H and O–H groups in total. The molecule has 0 saturated heterocycles. The maximum Gasteiger partial charge on any atom is 0.191 e. The third-order valence-corrected chi connectivity index (χ3v) is 4.50. The number of aryl methyl sites for hydroxylation is 1. The Bertz CT molecular complexity index is 676. The van der Waals surface area contributed by atoms with E-state index < -0.39 is 5.82 Å². The Balaban J connectivity index is 0.00000288. The van der Waals surface area contributed by atoms with Crippen LogP contribution in [-0.4, -0.2) is 17.6 Å². The number of halogens is 2. The SMILES string of the molecule is CCNC(=NCc1ccc(O)c(F)c1)NCc1ccc(CC)s1.I. The molecule has 132 valence electrons. The van der Waals surface area contributed by atoms with Crippen molar-refractivity contribution in [3.63, 3.8) is 0 Å². The van der Waals surface area contributed by atoms with Gasteiger partial charge in [0.1, 0.15) is 0 Å². The molecule has 2 aromatic rings. The molecule has 0 fully saturated rings. The van der Waals surface area contributed by atoms with Gasteiger partial charge in [0.25, 0.3) is 0 Å². The first-order chi connectivity index (χ1) is 11.1. The number of aliphatic imine (C=N–C) groups is 1. The van der Waals surface area contributed by atoms with E-state index in [9.17, 15) is 9.50 Å². The van der Waals surface area contributed by atoms with Crippen molar-refractivity contribution in [2.45, 2.75) is 33.4 Å². The molecule has 2 rings (SSSR count). The molecule has 1 heterocycles. The second-order valence-electron chi connectivity index (χ2n) is 5.06. The fraction of sp³-hybridized carbons (Fsp3) is 0.353. The molecule has 0 aliphatic heterocycles. The van der Waals surface area contributed by atoms with E-state index in [1.54, 1.807) is 17.4 Å². The van der Waals surface area contributed by atoms with Crippen LogP contribution in [0.15, 0.2) is 35.3 Å². The monoisotopic (exact) mass is 463 g/mol. The highest BCUT2D eigenvalue weighted by Gasteiger charge is 2.03. The fourth-order valence-corrected chi connectivity index (χ4v) is 2.94. The highest BCUT2D eigenvalue weighted by molar-refractivity contribution is 14.0. The number of thiophene rings is 1. The largest absolute Gasteiger partial charge is 0.505 e. The van der Waals surface area contributed by atoms with Gasteiger partial charge in [-0.25, -0.2) is 9.38 Å². The van der Waals surface area contributed by atoms with Gasteiger partial charge in [0.05, 0.1) is 13.1 Å². The number of rotatable bonds is 6. The standard InChI is InChI=1S/C17H22FN3OS.HI/c1-3-13-6-7-14(23-13)11-21-17(19-4-2)20-10-12-5-8-16(22)15(18)9-12;/h5-9,22H,3-4,10-11H2,1-2H3,(H2,19,20,21);1H. The predicted molar refractivity (Wildman–Crippen MR) is 109 cm³/mol. The lowest BCUT2D eigenvalue weighted by molar-refractivity contribution is 0.432. The number of phenolic OH excluding ortho intramolecular Hbond substituents is 1. The van der Waals surface area contributed by atoms with Crippen molar-refractivity contribution in [3.05, 3.63) is 51.5 Å². The Morgan fingerprint density at radius 1 is 1.17 bits per heavy atom. The van der Waals surface area contributed by atoms with Crippen molar-refractivity contribution in [2.24, 2.45) is 4.99 Å². The van der Waals surface area contributed by atoms with Crippen LogP contribution >= 0.6 is 35.3 Å². The summed E-state index contributed by atoms with van der Waals surface area (Å²) in [5.74, 6) is -0.277. The summed E-state index contributed by atoms with van der Waals surface area (Å²) >= 11 is 1.79. The van der Waals surface area contributed by atoms with Crippen molar-refractivity contribution in [3.8, 4) is 5.75 Å². The summed E-state index contributed by atoms with van der Waals surface area (Å²) < 4.78 is 13.3. The van der Waals surface area contributed by atoms with Crippen LogP contribution < -0.4 is 10.6 Å². The molecule has 4 nitrogen and oxygen atoms in total. The molecule has 0 bridgehead atoms. The summed E-state index contributed by atoms with van der Waals surface area (Å²) in [6.07, 6.45) is 1.05. The molecular formula is C17H23FIN3OS. The summed E-state index contributed by atoms with van der Waals surface area (Å²) in [6, 6.07) is 8.58. The summed E-state index contributed by atoms with van der Waals surface area (Å²) in [7, 11) is 0. The molecule has 0 amide bonds. The van der Waals surface area contributed by atoms with E-state index in [0.29, 0.717) is 24.6 Å². The van der Waals surface area contributed by atoms with Gasteiger partial charge in [-0.1, -0.05) is 13.0 Å². The summed E-state index contributed by atoms with van der Waals surface area (Å²) in [6.45, 7) is 5.95. The lowest BCUT2D eigenvalue weighted by Crippen LogP contribution is -2.36. The zero-order valence-electron chi connectivity index (χ0n) is 13.8. The molecule has 0 radical (unpaired) electrons. The van der Waals surface area contributed by atoms with E-state index in [4.69, 9.17) is 0 Å². The molecule has 1 aromatic heterocycles. The van der Waals surface area contributed by atoms with E-state index in [1.165, 1.54) is 21.9 Å². The second kappa shape index (κ2) is 10.5. The molecule has 1 aromatic carbocycles. The van der Waals surface area contributed by atoms with Crippen LogP contribution in [0.4, 0.5) is 4.39 Å². The van der Waals surface area contributed by atoms with E-state index in [2.05, 4.69) is 34.7 Å². The number of nitrogens with one attached hydrogen (secondary N) is 2. The molecular weight excluding hydrogens is 440 g/mol. The van der Waals surface area contributed by atoms with E-state index in [-0.39, 0.29) is 29.7 Å². The van der Waals surface area contributed by atoms with Crippen LogP contribution in [0.2, 0.25) is 0 Å². The van der Waals surface area contributed by atoms with Gasteiger partial charge in [-0.2, -0.15) is 0 Å². The molecule has 0 atom stereocenters. The number of aromatic hydroxyl groups is 1. The topological polar surface area (TPSA) is 56.7 Å². The Kier molecular flexibility index (Phi) is 9.05. The van der Waals surface area contributed by atoms with E-state index >= 15 is 0 Å². The van der Waals surface area contributed by atoms with Crippen molar-refractivity contribution in [2.75, 3.05) is 6.54 Å². The fourth-order valence-electron chi connectivity index (χ4n) is 2.04. The molecule has 0 spiro atoms. The molecule has 0 unspecified atom stereocenters. The molecule has 7 heteroatoms. The highest BCUT2D eigenvalue weighted by Crippen LogP contribution is 2.17. The van der Waals surface area contributed by atoms with Crippen molar-refractivity contribution in [1.29, 1.82) is 0 Å². The minimum atomic E-state index is -0.624. The quantitative estimate of drug-likeness (QED) is 0.345. The Morgan fingerprint density at radius 2 is 1.92 bits per heavy atom. The van der Waals surface area contributed by atoms with Crippen LogP contribution in [0.25, 0.3) is 0 Å². The first kappa shape index (κ1) is 20.7. The van der Waals surface area contributed by atoms with Gasteiger partial charge in [0.2, 0.25) is 0 Å². The summed E-state index contributed by atoms with van der Waals surface area (Å²) in [5.41, 5.74) is 0.710. The highest BCUT2D eigenvalue weighted by atomic mass is 127. The third kappa shape index (κ3) is 6.27. The lowest BCUT2D eigenvalue weighted by Gasteiger charge is -2.10. The minimum absolute atomic E-state index is 0. The predicted octanol–water partition coefficient (Wildman–Crippen LogP) is 4.03. The Morgan fingerprint density at radius 3 is 2.54 bits per heavy atom. The van der Waals surface area contributed by atoms with Crippen LogP contribution in [0, 0.1) is 5.82 Å². The molecule has 0 aliphatic rings. The van der Waals surface area contributed by atoms with Gasteiger partial charge in [0.15, 0.2) is 17.5 Å². The van der Waals surface area contributed by atoms with Crippen molar-refractivity contribution in [1.82, 2.24) is 10.6 Å². The molecule has 0 aliphatic carbocycles. The van der Waals surface area contributed by atoms with Gasteiger partial charge in [0, 0.05) is 16.3 Å². The van der Waals surface area contributed by atoms with Crippen LogP contribution in [0.3, 0.4) is 0 Å². The first-order valence-corrected chi connectivity index (χ1v) is 8.51. The van der Waals surface area contributed by atoms with Crippen LogP contribution in [0.5, 0.6) is 5.75 Å². The first-order valence-electron chi connectivity index (χ1n) is 7.69. The van der Waals surface area contributed by atoms with Gasteiger partial charge in [-0.15, -0.1) is 35.3 Å². The number of phenols is 1. The number of hydrogen-bond acceptors (Lipinski definition) is 3. The van der Waals surface area contributed by atoms with E-state index in [0.717, 1.165) is 13.0 Å². The van der Waals surface area contributed by atoms with Crippen molar-refractivity contribution >= 4 is 41.3 Å². The number of hydrogen-bond donors (Lipinski definition) is 3. The number of guanidine groups is 1. The van der Waals surface area contributed by atoms with Gasteiger partial charge >= 0.3 is 0 Å². The van der Waals surface area contributed by atoms with Gasteiger partial charge in [-0.3, -0.25) is 0 Å². The van der Waals surface area contributed by atoms with Crippen LogP contribution in [-0.2, 0) is 19.5 Å². The summed E-state index contributed by atoms with van der Waals surface area (Å²) in [4.78, 5) is 7.06. The second-order valence-corrected chi connectivity index (χ2v) is 6.31. The lowest BCUT2D eigenvalue weighted by atomic mass is 10.2.